The van der Waals surface area contributed by atoms with E-state index in [-0.39, 0.29) is 43.0 Å². The molecule has 6 atom stereocenters. The van der Waals surface area contributed by atoms with Crippen molar-refractivity contribution < 1.29 is 154 Å². The van der Waals surface area contributed by atoms with Crippen LogP contribution in [0.1, 0.15) is 100 Å². The summed E-state index contributed by atoms with van der Waals surface area (Å²) in [5, 5.41) is 26.4. The minimum atomic E-state index is -5.19. The number of halogens is 9. The van der Waals surface area contributed by atoms with E-state index in [4.69, 9.17) is 87.5 Å². The monoisotopic (exact) mass is 1800 g/mol. The van der Waals surface area contributed by atoms with Crippen molar-refractivity contribution in [3.05, 3.63) is 251 Å². The van der Waals surface area contributed by atoms with Crippen LogP contribution >= 0.6 is 0 Å². The molecule has 16 rings (SSSR count). The number of amides is 1. The third-order valence-electron chi connectivity index (χ3n) is 22.3. The van der Waals surface area contributed by atoms with Crippen LogP contribution in [0.2, 0.25) is 0 Å². The molecule has 686 valence electrons. The second-order valence-corrected chi connectivity index (χ2v) is 32.4. The van der Waals surface area contributed by atoms with E-state index < -0.39 is 60.1 Å². The van der Waals surface area contributed by atoms with Gasteiger partial charge in [-0.1, -0.05) is 127 Å². The highest BCUT2D eigenvalue weighted by Gasteiger charge is 2.45. The lowest BCUT2D eigenvalue weighted by Gasteiger charge is -2.30. The van der Waals surface area contributed by atoms with Crippen molar-refractivity contribution in [3.8, 4) is 63.2 Å². The smallest absolute Gasteiger partial charge is 0.430 e. The van der Waals surface area contributed by atoms with E-state index in [1.807, 2.05) is 196 Å². The van der Waals surface area contributed by atoms with Crippen LogP contribution in [0.15, 0.2) is 212 Å². The second-order valence-electron chi connectivity index (χ2n) is 32.4. The average Bonchev–Trinajstić information content (AvgIpc) is 1.73. The quantitative estimate of drug-likeness (QED) is 0.0204. The van der Waals surface area contributed by atoms with Crippen LogP contribution in [-0.4, -0.2) is 213 Å². The second kappa shape index (κ2) is 42.6. The van der Waals surface area contributed by atoms with E-state index in [2.05, 4.69) is 38.2 Å². The van der Waals surface area contributed by atoms with Gasteiger partial charge in [0.25, 0.3) is 5.91 Å². The van der Waals surface area contributed by atoms with Gasteiger partial charge in [-0.3, -0.25) is 19.2 Å². The number of carbonyl (C=O) groups is 7. The number of fused-ring (bicyclic) bond motifs is 7. The number of rotatable bonds is 23. The highest BCUT2D eigenvalue weighted by Crippen LogP contribution is 2.49. The topological polar surface area (TPSA) is 319 Å². The molecule has 0 spiro atoms. The Balaban J connectivity index is 0.000000168. The zero-order chi connectivity index (χ0) is 93.0. The van der Waals surface area contributed by atoms with Gasteiger partial charge in [0.1, 0.15) is 107 Å². The molecule has 9 aromatic carbocycles. The first kappa shape index (κ1) is 96.4. The Morgan fingerprint density at radius 3 is 1.02 bits per heavy atom. The molecule has 0 saturated carbocycles. The highest BCUT2D eigenvalue weighted by atomic mass is 19.4. The lowest BCUT2D eigenvalue weighted by atomic mass is 9.88. The molecule has 0 aliphatic carbocycles. The van der Waals surface area contributed by atoms with Crippen molar-refractivity contribution in [2.45, 2.75) is 93.1 Å². The van der Waals surface area contributed by atoms with Gasteiger partial charge in [-0.2, -0.15) is 39.5 Å². The van der Waals surface area contributed by atoms with Crippen LogP contribution < -0.4 is 63.8 Å². The molecule has 3 fully saturated rings. The third kappa shape index (κ3) is 26.2. The molecule has 6 unspecified atom stereocenters. The number of carboxylic acid groups (broad SMARTS) is 3. The lowest BCUT2D eigenvalue weighted by molar-refractivity contribution is -0.899. The zero-order valence-electron chi connectivity index (χ0n) is 70.9. The Morgan fingerprint density at radius 1 is 0.388 bits per heavy atom. The molecule has 2 N–H and O–H groups in total. The third-order valence-corrected chi connectivity index (χ3v) is 22.3. The van der Waals surface area contributed by atoms with Crippen LogP contribution in [0, 0.1) is 0 Å². The average molecular weight is 1800 g/mol. The number of aliphatic carboxylic acids is 3. The molecular weight excluding hydrogens is 1710 g/mol. The molecule has 0 radical (unpaired) electrons. The molecule has 7 aliphatic heterocycles. The predicted octanol–water partition coefficient (Wildman–Crippen LogP) is 12.3. The summed E-state index contributed by atoms with van der Waals surface area (Å²) in [6.45, 7) is 10.2. The number of quaternary nitrogens is 3. The number of hydrogen-bond donors (Lipinski definition) is 1. The van der Waals surface area contributed by atoms with Crippen LogP contribution in [0.25, 0.3) is 0 Å². The molecule has 7 aliphatic rings. The summed E-state index contributed by atoms with van der Waals surface area (Å²) in [4.78, 5) is 80.4. The number of benzene rings is 9. The van der Waals surface area contributed by atoms with Gasteiger partial charge in [-0.25, -0.2) is 0 Å². The Morgan fingerprint density at radius 2 is 0.690 bits per heavy atom. The molecule has 26 nitrogen and oxygen atoms in total. The summed E-state index contributed by atoms with van der Waals surface area (Å²) in [6.07, 6.45) is -10.7. The standard InChI is InChI=1S/C30H35N2O4.C29H30N2O5.C29H30NO6.3C2HF3O2/c1-31(2)22-10-8-11-23(20-22)34-19-9-17-32(3)18-16-24(21-32)35-30(33)29-25-12-4-6-14-27(25)36-28-15-7-5-13-26(28)29;1-31(16-8-18-34-24-12-5-4-11-23(24)28(30)32)17-15-20(19-31)35-29(33)27-21-9-2-6-13-25(21)36-26-14-7-3-10-22(26)27;1-30(14-6-16-32-20-11-12-26-27(17-20)34-19-33-26)15-13-21(18-30)35-29(31)28-22-7-2-4-9-24(22)36-25-10-5-3-8-23(25)28;3*3-2(4,5)1(6)7/h4-8,10-15,20,24,29H,9,16-19,21H2,1-3H3;2-7,9-14,20,27H,8,15-19H2,1H3,(H-,30,32);2-5,7-12,17,21,28H,6,13-16,18-19H2,1H3;3*(H,6,7)/q+1;;+1;;;/p-2. The van der Waals surface area contributed by atoms with Crippen molar-refractivity contribution in [1.29, 1.82) is 0 Å². The van der Waals surface area contributed by atoms with E-state index in [1.54, 1.807) is 18.2 Å². The Hall–Kier alpha value is -13.3. The van der Waals surface area contributed by atoms with Crippen molar-refractivity contribution in [2.75, 3.05) is 126 Å². The Bertz CT molecular complexity index is 5230. The van der Waals surface area contributed by atoms with Gasteiger partial charge < -0.3 is 106 Å². The normalized spacial score (nSPS) is 19.5. The molecule has 1 amide bonds. The van der Waals surface area contributed by atoms with E-state index in [1.165, 1.54) is 0 Å². The molecule has 0 aromatic heterocycles. The summed E-state index contributed by atoms with van der Waals surface area (Å²) >= 11 is 0. The first-order chi connectivity index (χ1) is 61.3. The first-order valence-electron chi connectivity index (χ1n) is 41.2. The van der Waals surface area contributed by atoms with Crippen molar-refractivity contribution in [2.24, 2.45) is 5.73 Å². The molecular formula is C94H96F9N5O21. The van der Waals surface area contributed by atoms with Crippen molar-refractivity contribution >= 4 is 47.4 Å². The minimum Gasteiger partial charge on any atom is -0.542 e. The SMILES string of the molecule is CN(C)c1cccc(OCCC[N+]2(C)CCC(OC(=O)C3c4ccccc4Oc4ccccc43)C2)c1.C[N+]1(CCCOc2ccc3c(c2)OCO3)CCC(OC(=O)C2c3ccccc3Oc3ccccc32)C1.C[N+]1(CCCOc2ccccc2C(N)=O)CCC(OC(=O)C2c3ccccc3Oc3ccccc32)C1.O=C([O-])C(F)(F)F.O=C([O-])C(F)(F)F.O=C([O-])C(F)(F)F. The van der Waals surface area contributed by atoms with Gasteiger partial charge in [0.2, 0.25) is 6.79 Å². The van der Waals surface area contributed by atoms with Crippen LogP contribution in [0.4, 0.5) is 45.2 Å². The Kier molecular flexibility index (Phi) is 31.8. The number of hydrogen-bond acceptors (Lipinski definition) is 22. The number of likely N-dealkylation sites (N-methyl/N-ethyl adjacent to an activating group) is 3. The fourth-order valence-electron chi connectivity index (χ4n) is 16.0. The van der Waals surface area contributed by atoms with Gasteiger partial charge in [-0.05, 0) is 72.8 Å². The molecule has 7 heterocycles. The van der Waals surface area contributed by atoms with E-state index in [9.17, 15) is 58.7 Å². The summed E-state index contributed by atoms with van der Waals surface area (Å²) in [5.74, 6) is -3.63. The van der Waals surface area contributed by atoms with Gasteiger partial charge in [0.15, 0.2) is 29.8 Å². The molecule has 129 heavy (non-hydrogen) atoms. The van der Waals surface area contributed by atoms with Gasteiger partial charge in [0.05, 0.1) is 85.8 Å². The maximum atomic E-state index is 13.5. The number of anilines is 1. The predicted molar refractivity (Wildman–Crippen MR) is 442 cm³/mol. The highest BCUT2D eigenvalue weighted by molar-refractivity contribution is 5.95. The number of carboxylic acids is 3. The minimum absolute atomic E-state index is 0.0811. The number of ether oxygens (including phenoxy) is 11. The summed E-state index contributed by atoms with van der Waals surface area (Å²) in [5.41, 5.74) is 12.1. The number of para-hydroxylation sites is 7. The summed E-state index contributed by atoms with van der Waals surface area (Å²) in [6, 6.07) is 67.0. The number of carbonyl (C=O) groups excluding carboxylic acids is 7. The van der Waals surface area contributed by atoms with Gasteiger partial charge >= 0.3 is 36.4 Å². The lowest BCUT2D eigenvalue weighted by Crippen LogP contribution is -2.44. The maximum absolute atomic E-state index is 13.5. The van der Waals surface area contributed by atoms with Crippen LogP contribution in [-0.2, 0) is 43.0 Å². The molecule has 35 heteroatoms. The van der Waals surface area contributed by atoms with E-state index in [0.717, 1.165) is 184 Å². The summed E-state index contributed by atoms with van der Waals surface area (Å²) in [7, 11) is 10.7. The zero-order valence-corrected chi connectivity index (χ0v) is 70.9. The maximum Gasteiger partial charge on any atom is 0.430 e. The summed E-state index contributed by atoms with van der Waals surface area (Å²) < 4.78 is 162. The van der Waals surface area contributed by atoms with Crippen LogP contribution in [0.5, 0.6) is 63.2 Å². The molecule has 3 saturated heterocycles. The fourth-order valence-corrected chi connectivity index (χ4v) is 16.0. The number of nitrogens with two attached hydrogens (primary N) is 1. The van der Waals surface area contributed by atoms with Gasteiger partial charge in [-0.15, -0.1) is 0 Å². The fraction of sp³-hybridized carbons (Fsp3) is 0.351. The number of alkyl halides is 9. The number of likely N-dealkylation sites (tertiary alicyclic amines) is 3. The van der Waals surface area contributed by atoms with E-state index in [0.29, 0.717) is 54.1 Å². The number of nitrogens with zero attached hydrogens (tertiary/aromatic N) is 4. The largest absolute Gasteiger partial charge is 0.542 e. The van der Waals surface area contributed by atoms with Crippen molar-refractivity contribution in [1.82, 2.24) is 0 Å². The van der Waals surface area contributed by atoms with Gasteiger partial charge in [0, 0.05) is 104 Å². The molecule has 0 bridgehead atoms. The Labute approximate surface area is 737 Å². The number of esters is 3. The van der Waals surface area contributed by atoms with Crippen LogP contribution in [0.3, 0.4) is 0 Å². The first-order valence-corrected chi connectivity index (χ1v) is 41.2. The van der Waals surface area contributed by atoms with Crippen molar-refractivity contribution in [3.63, 3.8) is 0 Å². The number of primary amides is 1. The molecule has 9 aromatic rings. The van der Waals surface area contributed by atoms with E-state index >= 15 is 0 Å².